The van der Waals surface area contributed by atoms with E-state index in [1.54, 1.807) is 6.08 Å². The second kappa shape index (κ2) is 8.65. The SMILES string of the molecule is O=C(C=Cc1ccccc1)NCCn1nc(-c2ccccn2)c2c1CCCC2. The molecule has 1 aliphatic rings. The van der Waals surface area contributed by atoms with Gasteiger partial charge in [-0.3, -0.25) is 14.5 Å². The predicted molar refractivity (Wildman–Crippen MR) is 111 cm³/mol. The van der Waals surface area contributed by atoms with Gasteiger partial charge in [0.05, 0.1) is 12.2 Å². The van der Waals surface area contributed by atoms with Crippen molar-refractivity contribution in [2.24, 2.45) is 0 Å². The number of hydrogen-bond acceptors (Lipinski definition) is 3. The van der Waals surface area contributed by atoms with Crippen LogP contribution < -0.4 is 5.32 Å². The minimum absolute atomic E-state index is 0.0881. The van der Waals surface area contributed by atoms with Crippen LogP contribution in [0.5, 0.6) is 0 Å². The lowest BCUT2D eigenvalue weighted by Gasteiger charge is -2.14. The first-order valence-corrected chi connectivity index (χ1v) is 9.82. The number of hydrogen-bond donors (Lipinski definition) is 1. The van der Waals surface area contributed by atoms with Gasteiger partial charge in [-0.05, 0) is 49.5 Å². The van der Waals surface area contributed by atoms with Gasteiger partial charge in [-0.2, -0.15) is 5.10 Å². The van der Waals surface area contributed by atoms with Crippen molar-refractivity contribution in [3.05, 3.63) is 77.6 Å². The Balaban J connectivity index is 1.42. The molecule has 5 heteroatoms. The molecule has 0 atom stereocenters. The van der Waals surface area contributed by atoms with E-state index in [2.05, 4.69) is 15.0 Å². The normalized spacial score (nSPS) is 13.4. The number of aromatic nitrogens is 3. The number of carbonyl (C=O) groups is 1. The summed E-state index contributed by atoms with van der Waals surface area (Å²) in [7, 11) is 0. The molecule has 0 aliphatic heterocycles. The summed E-state index contributed by atoms with van der Waals surface area (Å²) in [5, 5.41) is 7.79. The van der Waals surface area contributed by atoms with Crippen molar-refractivity contribution in [1.29, 1.82) is 0 Å². The maximum absolute atomic E-state index is 12.1. The van der Waals surface area contributed by atoms with Gasteiger partial charge in [0.25, 0.3) is 0 Å². The van der Waals surface area contributed by atoms with Crippen LogP contribution in [0.2, 0.25) is 0 Å². The number of nitrogens with zero attached hydrogens (tertiary/aromatic N) is 3. The zero-order valence-electron chi connectivity index (χ0n) is 15.8. The lowest BCUT2D eigenvalue weighted by Crippen LogP contribution is -2.26. The van der Waals surface area contributed by atoms with Crippen molar-refractivity contribution in [3.63, 3.8) is 0 Å². The lowest BCUT2D eigenvalue weighted by molar-refractivity contribution is -0.116. The lowest BCUT2D eigenvalue weighted by atomic mass is 9.95. The van der Waals surface area contributed by atoms with E-state index in [4.69, 9.17) is 5.10 Å². The summed E-state index contributed by atoms with van der Waals surface area (Å²) >= 11 is 0. The summed E-state index contributed by atoms with van der Waals surface area (Å²) in [6.45, 7) is 1.22. The molecule has 1 aromatic carbocycles. The van der Waals surface area contributed by atoms with E-state index in [9.17, 15) is 4.79 Å². The van der Waals surface area contributed by atoms with E-state index in [1.807, 2.05) is 60.8 Å². The Kier molecular flexibility index (Phi) is 5.61. The Morgan fingerprint density at radius 3 is 2.71 bits per heavy atom. The number of nitrogens with one attached hydrogen (secondary N) is 1. The zero-order valence-corrected chi connectivity index (χ0v) is 15.8. The molecule has 1 aliphatic carbocycles. The summed E-state index contributed by atoms with van der Waals surface area (Å²) in [5.41, 5.74) is 5.54. The maximum Gasteiger partial charge on any atom is 0.244 e. The molecule has 0 fully saturated rings. The molecular weight excluding hydrogens is 348 g/mol. The monoisotopic (exact) mass is 372 g/mol. The van der Waals surface area contributed by atoms with Gasteiger partial charge >= 0.3 is 0 Å². The molecule has 5 nitrogen and oxygen atoms in total. The summed E-state index contributed by atoms with van der Waals surface area (Å²) in [6, 6.07) is 15.7. The molecule has 3 aromatic rings. The summed E-state index contributed by atoms with van der Waals surface area (Å²) in [5.74, 6) is -0.0881. The quantitative estimate of drug-likeness (QED) is 0.672. The van der Waals surface area contributed by atoms with Crippen LogP contribution >= 0.6 is 0 Å². The molecule has 2 heterocycles. The van der Waals surface area contributed by atoms with E-state index in [1.165, 1.54) is 24.1 Å². The highest BCUT2D eigenvalue weighted by molar-refractivity contribution is 5.91. The second-order valence-corrected chi connectivity index (χ2v) is 6.95. The van der Waals surface area contributed by atoms with Crippen LogP contribution in [0.15, 0.2) is 60.8 Å². The fourth-order valence-corrected chi connectivity index (χ4v) is 3.64. The number of pyridine rings is 1. The molecule has 0 unspecified atom stereocenters. The van der Waals surface area contributed by atoms with Crippen LogP contribution in [-0.2, 0) is 24.2 Å². The van der Waals surface area contributed by atoms with E-state index in [0.29, 0.717) is 13.1 Å². The van der Waals surface area contributed by atoms with E-state index < -0.39 is 0 Å². The van der Waals surface area contributed by atoms with E-state index in [-0.39, 0.29) is 5.91 Å². The van der Waals surface area contributed by atoms with Crippen molar-refractivity contribution >= 4 is 12.0 Å². The molecule has 28 heavy (non-hydrogen) atoms. The van der Waals surface area contributed by atoms with Gasteiger partial charge in [0.15, 0.2) is 0 Å². The molecule has 2 aromatic heterocycles. The summed E-state index contributed by atoms with van der Waals surface area (Å²) in [6.07, 6.45) is 9.68. The average Bonchev–Trinajstić information content (AvgIpc) is 3.12. The average molecular weight is 372 g/mol. The van der Waals surface area contributed by atoms with Crippen molar-refractivity contribution in [2.45, 2.75) is 32.2 Å². The molecule has 0 spiro atoms. The minimum atomic E-state index is -0.0881. The standard InChI is InChI=1S/C23H24N4O/c28-22(14-13-18-8-2-1-3-9-18)25-16-17-27-21-12-5-4-10-19(21)23(26-27)20-11-6-7-15-24-20/h1-3,6-9,11,13-15H,4-5,10,12,16-17H2,(H,25,28). The van der Waals surface area contributed by atoms with Crippen LogP contribution in [0.1, 0.15) is 29.7 Å². The number of rotatable bonds is 6. The smallest absolute Gasteiger partial charge is 0.244 e. The third-order valence-corrected chi connectivity index (χ3v) is 5.01. The fourth-order valence-electron chi connectivity index (χ4n) is 3.64. The van der Waals surface area contributed by atoms with Gasteiger partial charge in [-0.1, -0.05) is 36.4 Å². The third kappa shape index (κ3) is 4.19. The molecule has 0 saturated heterocycles. The first kappa shape index (κ1) is 18.2. The summed E-state index contributed by atoms with van der Waals surface area (Å²) in [4.78, 5) is 16.6. The Morgan fingerprint density at radius 2 is 1.89 bits per heavy atom. The van der Waals surface area contributed by atoms with Crippen molar-refractivity contribution in [3.8, 4) is 11.4 Å². The van der Waals surface area contributed by atoms with Crippen molar-refractivity contribution in [2.75, 3.05) is 6.54 Å². The first-order valence-electron chi connectivity index (χ1n) is 9.82. The molecule has 142 valence electrons. The van der Waals surface area contributed by atoms with Crippen LogP contribution in [0.4, 0.5) is 0 Å². The third-order valence-electron chi connectivity index (χ3n) is 5.01. The van der Waals surface area contributed by atoms with Crippen molar-refractivity contribution in [1.82, 2.24) is 20.1 Å². The fraction of sp³-hybridized carbons (Fsp3) is 0.261. The minimum Gasteiger partial charge on any atom is -0.351 e. The van der Waals surface area contributed by atoms with Crippen LogP contribution in [0.3, 0.4) is 0 Å². The Bertz CT molecular complexity index is 961. The molecule has 0 bridgehead atoms. The van der Waals surface area contributed by atoms with Crippen LogP contribution in [0.25, 0.3) is 17.5 Å². The first-order chi connectivity index (χ1) is 13.8. The highest BCUT2D eigenvalue weighted by Gasteiger charge is 2.22. The molecule has 1 N–H and O–H groups in total. The van der Waals surface area contributed by atoms with Gasteiger partial charge in [-0.25, -0.2) is 0 Å². The van der Waals surface area contributed by atoms with Gasteiger partial charge in [-0.15, -0.1) is 0 Å². The number of fused-ring (bicyclic) bond motifs is 1. The summed E-state index contributed by atoms with van der Waals surface area (Å²) < 4.78 is 2.06. The second-order valence-electron chi connectivity index (χ2n) is 6.95. The Labute approximate surface area is 165 Å². The van der Waals surface area contributed by atoms with Gasteiger partial charge in [0.2, 0.25) is 5.91 Å². The molecule has 0 saturated carbocycles. The molecule has 1 amide bonds. The van der Waals surface area contributed by atoms with Gasteiger partial charge in [0.1, 0.15) is 5.69 Å². The van der Waals surface area contributed by atoms with E-state index >= 15 is 0 Å². The van der Waals surface area contributed by atoms with Crippen LogP contribution in [0, 0.1) is 0 Å². The highest BCUT2D eigenvalue weighted by atomic mass is 16.1. The highest BCUT2D eigenvalue weighted by Crippen LogP contribution is 2.30. The van der Waals surface area contributed by atoms with Crippen LogP contribution in [-0.4, -0.2) is 27.2 Å². The Morgan fingerprint density at radius 1 is 1.07 bits per heavy atom. The van der Waals surface area contributed by atoms with E-state index in [0.717, 1.165) is 29.8 Å². The Hall–Kier alpha value is -3.21. The zero-order chi connectivity index (χ0) is 19.2. The largest absolute Gasteiger partial charge is 0.351 e. The van der Waals surface area contributed by atoms with Gasteiger partial charge in [0, 0.05) is 30.1 Å². The topological polar surface area (TPSA) is 59.8 Å². The van der Waals surface area contributed by atoms with Crippen molar-refractivity contribution < 1.29 is 4.79 Å². The molecular formula is C23H24N4O. The number of carbonyl (C=O) groups excluding carboxylic acids is 1. The van der Waals surface area contributed by atoms with Gasteiger partial charge < -0.3 is 5.32 Å². The number of benzene rings is 1. The molecule has 4 rings (SSSR count). The number of amides is 1. The maximum atomic E-state index is 12.1. The molecule has 0 radical (unpaired) electrons. The predicted octanol–water partition coefficient (Wildman–Crippen LogP) is 3.65.